The van der Waals surface area contributed by atoms with Crippen LogP contribution in [0.5, 0.6) is 0 Å². The minimum absolute atomic E-state index is 0.393. The van der Waals surface area contributed by atoms with Gasteiger partial charge in [-0.15, -0.1) is 0 Å². The Balaban J connectivity index is 2.92. The molecule has 2 unspecified atom stereocenters. The SMILES string of the molecule is CCCC(C1CCCN1CC)[Si](OC)(OC)OC. The van der Waals surface area contributed by atoms with Crippen LogP contribution in [0.2, 0.25) is 5.54 Å². The standard InChI is InChI=1S/C13H29NO3Si/c1-6-9-13(18(15-3,16-4)17-5)12-10-8-11-14(12)7-2/h12-13H,6-11H2,1-5H3. The van der Waals surface area contributed by atoms with Gasteiger partial charge in [0.25, 0.3) is 0 Å². The lowest BCUT2D eigenvalue weighted by Crippen LogP contribution is -2.54. The molecular weight excluding hydrogens is 246 g/mol. The van der Waals surface area contributed by atoms with Crippen molar-refractivity contribution in [1.82, 2.24) is 4.90 Å². The molecule has 0 spiro atoms. The lowest BCUT2D eigenvalue weighted by molar-refractivity contribution is 0.0909. The normalized spacial score (nSPS) is 23.5. The number of hydrogen-bond acceptors (Lipinski definition) is 4. The van der Waals surface area contributed by atoms with Gasteiger partial charge in [-0.1, -0.05) is 20.3 Å². The summed E-state index contributed by atoms with van der Waals surface area (Å²) >= 11 is 0. The monoisotopic (exact) mass is 275 g/mol. The number of likely N-dealkylation sites (tertiary alicyclic amines) is 1. The van der Waals surface area contributed by atoms with E-state index in [9.17, 15) is 0 Å². The van der Waals surface area contributed by atoms with Crippen molar-refractivity contribution in [1.29, 1.82) is 0 Å². The van der Waals surface area contributed by atoms with E-state index in [1.54, 1.807) is 21.3 Å². The Morgan fingerprint density at radius 3 is 2.22 bits per heavy atom. The summed E-state index contributed by atoms with van der Waals surface area (Å²) in [4.78, 5) is 2.55. The van der Waals surface area contributed by atoms with Crippen LogP contribution in [0, 0.1) is 0 Å². The second kappa shape index (κ2) is 7.60. The lowest BCUT2D eigenvalue weighted by Gasteiger charge is -2.39. The van der Waals surface area contributed by atoms with Crippen molar-refractivity contribution in [2.45, 2.75) is 51.1 Å². The van der Waals surface area contributed by atoms with Crippen molar-refractivity contribution >= 4 is 8.80 Å². The zero-order chi connectivity index (χ0) is 13.6. The summed E-state index contributed by atoms with van der Waals surface area (Å²) in [6.07, 6.45) is 4.77. The molecule has 1 saturated heterocycles. The molecule has 1 fully saturated rings. The Hall–Kier alpha value is 0.0569. The van der Waals surface area contributed by atoms with Crippen LogP contribution in [0.1, 0.15) is 39.5 Å². The van der Waals surface area contributed by atoms with Gasteiger partial charge >= 0.3 is 8.80 Å². The fourth-order valence-corrected chi connectivity index (χ4v) is 6.22. The fraction of sp³-hybridized carbons (Fsp3) is 1.00. The zero-order valence-corrected chi connectivity index (χ0v) is 13.6. The van der Waals surface area contributed by atoms with Crippen LogP contribution in [0.15, 0.2) is 0 Å². The highest BCUT2D eigenvalue weighted by Gasteiger charge is 2.52. The first-order chi connectivity index (χ1) is 8.68. The van der Waals surface area contributed by atoms with Crippen molar-refractivity contribution in [2.24, 2.45) is 0 Å². The predicted molar refractivity (Wildman–Crippen MR) is 75.7 cm³/mol. The number of hydrogen-bond donors (Lipinski definition) is 0. The second-order valence-electron chi connectivity index (χ2n) is 4.95. The second-order valence-corrected chi connectivity index (χ2v) is 8.12. The summed E-state index contributed by atoms with van der Waals surface area (Å²) in [6, 6.07) is 0.557. The van der Waals surface area contributed by atoms with E-state index in [1.807, 2.05) is 0 Å². The molecule has 0 bridgehead atoms. The largest absolute Gasteiger partial charge is 0.505 e. The number of nitrogens with zero attached hydrogens (tertiary/aromatic N) is 1. The van der Waals surface area contributed by atoms with Gasteiger partial charge in [0.15, 0.2) is 0 Å². The summed E-state index contributed by atoms with van der Waals surface area (Å²) in [7, 11) is 2.66. The third-order valence-electron chi connectivity index (χ3n) is 4.19. The van der Waals surface area contributed by atoms with E-state index in [1.165, 1.54) is 19.4 Å². The maximum atomic E-state index is 5.72. The minimum atomic E-state index is -2.53. The highest BCUT2D eigenvalue weighted by atomic mass is 28.4. The summed E-state index contributed by atoms with van der Waals surface area (Å²) in [5, 5.41) is 0. The van der Waals surface area contributed by atoms with E-state index in [2.05, 4.69) is 18.7 Å². The molecule has 0 saturated carbocycles. The van der Waals surface area contributed by atoms with Gasteiger partial charge in [-0.25, -0.2) is 0 Å². The quantitative estimate of drug-likeness (QED) is 0.637. The molecule has 0 aromatic carbocycles. The van der Waals surface area contributed by atoms with Crippen molar-refractivity contribution in [3.8, 4) is 0 Å². The third-order valence-corrected chi connectivity index (χ3v) is 7.48. The van der Waals surface area contributed by atoms with E-state index in [4.69, 9.17) is 13.3 Å². The molecule has 4 nitrogen and oxygen atoms in total. The molecule has 0 aromatic rings. The summed E-state index contributed by atoms with van der Waals surface area (Å²) in [5.74, 6) is 0. The van der Waals surface area contributed by atoms with Crippen LogP contribution in [-0.4, -0.2) is 54.2 Å². The maximum absolute atomic E-state index is 5.72. The molecule has 0 aliphatic carbocycles. The van der Waals surface area contributed by atoms with Gasteiger partial charge < -0.3 is 18.2 Å². The molecule has 1 aliphatic rings. The first-order valence-corrected chi connectivity index (χ1v) is 8.88. The van der Waals surface area contributed by atoms with E-state index in [0.717, 1.165) is 19.4 Å². The van der Waals surface area contributed by atoms with Gasteiger partial charge in [0.1, 0.15) is 0 Å². The molecular formula is C13H29NO3Si. The molecule has 0 N–H and O–H groups in total. The van der Waals surface area contributed by atoms with Gasteiger partial charge in [-0.3, -0.25) is 0 Å². The Bertz CT molecular complexity index is 228. The Labute approximate surface area is 113 Å². The predicted octanol–water partition coefficient (Wildman–Crippen LogP) is 2.52. The Kier molecular flexibility index (Phi) is 6.80. The molecule has 1 heterocycles. The van der Waals surface area contributed by atoms with Gasteiger partial charge in [0.05, 0.1) is 0 Å². The van der Waals surface area contributed by atoms with Crippen LogP contribution in [0.25, 0.3) is 0 Å². The molecule has 2 atom stereocenters. The van der Waals surface area contributed by atoms with Gasteiger partial charge in [-0.2, -0.15) is 0 Å². The van der Waals surface area contributed by atoms with Crippen LogP contribution >= 0.6 is 0 Å². The number of rotatable bonds is 8. The molecule has 18 heavy (non-hydrogen) atoms. The van der Waals surface area contributed by atoms with Crippen LogP contribution in [0.4, 0.5) is 0 Å². The Morgan fingerprint density at radius 2 is 1.78 bits per heavy atom. The van der Waals surface area contributed by atoms with E-state index in [-0.39, 0.29) is 0 Å². The maximum Gasteiger partial charge on any atom is 0.505 e. The first-order valence-electron chi connectivity index (χ1n) is 7.08. The van der Waals surface area contributed by atoms with Crippen molar-refractivity contribution in [2.75, 3.05) is 34.4 Å². The molecule has 108 valence electrons. The molecule has 1 aliphatic heterocycles. The van der Waals surface area contributed by atoms with Crippen LogP contribution < -0.4 is 0 Å². The molecule has 0 aromatic heterocycles. The van der Waals surface area contributed by atoms with Gasteiger partial charge in [0.2, 0.25) is 0 Å². The summed E-state index contributed by atoms with van der Waals surface area (Å²) in [5.41, 5.74) is 0.393. The first kappa shape index (κ1) is 16.1. The van der Waals surface area contributed by atoms with Gasteiger partial charge in [0, 0.05) is 32.9 Å². The van der Waals surface area contributed by atoms with Crippen LogP contribution in [0.3, 0.4) is 0 Å². The molecule has 1 rings (SSSR count). The molecule has 0 amide bonds. The van der Waals surface area contributed by atoms with Crippen molar-refractivity contribution in [3.63, 3.8) is 0 Å². The molecule has 0 radical (unpaired) electrons. The van der Waals surface area contributed by atoms with Gasteiger partial charge in [-0.05, 0) is 32.4 Å². The van der Waals surface area contributed by atoms with E-state index >= 15 is 0 Å². The highest BCUT2D eigenvalue weighted by Crippen LogP contribution is 2.39. The van der Waals surface area contributed by atoms with Crippen molar-refractivity contribution in [3.05, 3.63) is 0 Å². The van der Waals surface area contributed by atoms with E-state index in [0.29, 0.717) is 11.6 Å². The third kappa shape index (κ3) is 3.14. The van der Waals surface area contributed by atoms with Crippen LogP contribution in [-0.2, 0) is 13.3 Å². The average Bonchev–Trinajstić information content (AvgIpc) is 2.88. The Morgan fingerprint density at radius 1 is 1.17 bits per heavy atom. The topological polar surface area (TPSA) is 30.9 Å². The summed E-state index contributed by atoms with van der Waals surface area (Å²) < 4.78 is 17.2. The molecule has 5 heteroatoms. The zero-order valence-electron chi connectivity index (χ0n) is 12.6. The lowest BCUT2D eigenvalue weighted by atomic mass is 10.1. The highest BCUT2D eigenvalue weighted by molar-refractivity contribution is 6.62. The minimum Gasteiger partial charge on any atom is -0.377 e. The smallest absolute Gasteiger partial charge is 0.377 e. The van der Waals surface area contributed by atoms with Crippen molar-refractivity contribution < 1.29 is 13.3 Å². The average molecular weight is 275 g/mol. The fourth-order valence-electron chi connectivity index (χ4n) is 3.32. The summed E-state index contributed by atoms with van der Waals surface area (Å²) in [6.45, 7) is 6.75. The van der Waals surface area contributed by atoms with E-state index < -0.39 is 8.80 Å².